The molecule has 0 bridgehead atoms. The maximum Gasteiger partial charge on any atom is 0.290 e. The Balaban J connectivity index is 1.59. The van der Waals surface area contributed by atoms with Crippen molar-refractivity contribution < 1.29 is 14.0 Å². The molecule has 0 saturated carbocycles. The van der Waals surface area contributed by atoms with E-state index in [1.54, 1.807) is 51.9 Å². The average Bonchev–Trinajstić information content (AvgIpc) is 3.13. The Bertz CT molecular complexity index is 1060. The Morgan fingerprint density at radius 3 is 2.55 bits per heavy atom. The summed E-state index contributed by atoms with van der Waals surface area (Å²) in [6, 6.07) is 11.6. The van der Waals surface area contributed by atoms with Gasteiger partial charge in [-0.25, -0.2) is 9.37 Å². The van der Waals surface area contributed by atoms with Gasteiger partial charge in [-0.3, -0.25) is 14.0 Å². The summed E-state index contributed by atoms with van der Waals surface area (Å²) in [7, 11) is 2.02. The molecule has 0 radical (unpaired) electrons. The van der Waals surface area contributed by atoms with Gasteiger partial charge in [-0.15, -0.1) is 0 Å². The van der Waals surface area contributed by atoms with Crippen molar-refractivity contribution >= 4 is 17.3 Å². The van der Waals surface area contributed by atoms with Crippen molar-refractivity contribution in [2.75, 3.05) is 33.2 Å². The molecule has 7 nitrogen and oxygen atoms in total. The number of aromatic nitrogens is 2. The Kier molecular flexibility index (Phi) is 5.26. The van der Waals surface area contributed by atoms with Gasteiger partial charge in [0, 0.05) is 44.5 Å². The maximum atomic E-state index is 13.8. The number of rotatable bonds is 4. The number of nitrogens with zero attached hydrogens (tertiary/aromatic N) is 4. The fourth-order valence-electron chi connectivity index (χ4n) is 3.41. The van der Waals surface area contributed by atoms with Crippen molar-refractivity contribution in [3.05, 3.63) is 71.6 Å². The molecule has 0 atom stereocenters. The number of likely N-dealkylation sites (N-methyl/N-ethyl adjacent to an activating group) is 1. The van der Waals surface area contributed by atoms with Gasteiger partial charge in [0.2, 0.25) is 5.82 Å². The van der Waals surface area contributed by atoms with Crippen molar-refractivity contribution in [1.29, 1.82) is 0 Å². The normalized spacial score (nSPS) is 14.9. The van der Waals surface area contributed by atoms with Gasteiger partial charge < -0.3 is 15.1 Å². The second-order valence-electron chi connectivity index (χ2n) is 7.11. The van der Waals surface area contributed by atoms with E-state index < -0.39 is 5.91 Å². The fraction of sp³-hybridized carbons (Fsp3) is 0.286. The fourth-order valence-corrected chi connectivity index (χ4v) is 3.41. The van der Waals surface area contributed by atoms with Gasteiger partial charge in [0.1, 0.15) is 5.82 Å². The minimum Gasteiger partial charge on any atom is -0.346 e. The first-order valence-electron chi connectivity index (χ1n) is 9.51. The van der Waals surface area contributed by atoms with Crippen LogP contribution in [0.15, 0.2) is 48.7 Å². The number of amides is 2. The average molecular weight is 395 g/mol. The lowest BCUT2D eigenvalue weighted by Gasteiger charge is -2.31. The third-order valence-corrected chi connectivity index (χ3v) is 5.14. The Morgan fingerprint density at radius 2 is 1.79 bits per heavy atom. The number of nitrogens with one attached hydrogen (secondary N) is 1. The van der Waals surface area contributed by atoms with E-state index in [0.29, 0.717) is 24.2 Å². The predicted octanol–water partition coefficient (Wildman–Crippen LogP) is 1.79. The molecule has 0 unspecified atom stereocenters. The van der Waals surface area contributed by atoms with E-state index in [1.165, 1.54) is 6.07 Å². The third kappa shape index (κ3) is 3.84. The second-order valence-corrected chi connectivity index (χ2v) is 7.11. The quantitative estimate of drug-likeness (QED) is 0.731. The molecule has 1 aromatic carbocycles. The molecule has 1 fully saturated rings. The van der Waals surface area contributed by atoms with Crippen LogP contribution in [0.25, 0.3) is 5.52 Å². The molecule has 1 aliphatic rings. The molecular formula is C21H22FN5O2. The van der Waals surface area contributed by atoms with Crippen molar-refractivity contribution in [3.8, 4) is 0 Å². The molecule has 2 amide bonds. The van der Waals surface area contributed by atoms with Crippen LogP contribution in [-0.2, 0) is 6.54 Å². The van der Waals surface area contributed by atoms with E-state index in [4.69, 9.17) is 0 Å². The van der Waals surface area contributed by atoms with Crippen molar-refractivity contribution in [1.82, 2.24) is 24.5 Å². The predicted molar refractivity (Wildman–Crippen MR) is 106 cm³/mol. The zero-order valence-corrected chi connectivity index (χ0v) is 16.1. The molecule has 1 N–H and O–H groups in total. The monoisotopic (exact) mass is 395 g/mol. The van der Waals surface area contributed by atoms with Gasteiger partial charge in [0.15, 0.2) is 5.69 Å². The number of halogens is 1. The summed E-state index contributed by atoms with van der Waals surface area (Å²) < 4.78 is 15.5. The highest BCUT2D eigenvalue weighted by molar-refractivity contribution is 6.02. The summed E-state index contributed by atoms with van der Waals surface area (Å²) in [6.07, 6.45) is 1.72. The highest BCUT2D eigenvalue weighted by Gasteiger charge is 2.27. The SMILES string of the molecule is CN1CCN(C(=O)c2nc(C(=O)NCc3ccccc3F)c3ccccn23)CC1. The van der Waals surface area contributed by atoms with Gasteiger partial charge in [0.25, 0.3) is 11.8 Å². The van der Waals surface area contributed by atoms with Crippen molar-refractivity contribution in [2.24, 2.45) is 0 Å². The summed E-state index contributed by atoms with van der Waals surface area (Å²) in [5.74, 6) is -0.823. The number of carbonyl (C=O) groups excluding carboxylic acids is 2. The summed E-state index contributed by atoms with van der Waals surface area (Å²) in [4.78, 5) is 34.1. The van der Waals surface area contributed by atoms with E-state index >= 15 is 0 Å². The van der Waals surface area contributed by atoms with Crippen LogP contribution >= 0.6 is 0 Å². The first-order valence-corrected chi connectivity index (χ1v) is 9.51. The minimum absolute atomic E-state index is 0.0408. The van der Waals surface area contributed by atoms with E-state index in [9.17, 15) is 14.0 Å². The smallest absolute Gasteiger partial charge is 0.290 e. The van der Waals surface area contributed by atoms with E-state index in [0.717, 1.165) is 13.1 Å². The summed E-state index contributed by atoms with van der Waals surface area (Å²) in [6.45, 7) is 2.87. The van der Waals surface area contributed by atoms with Gasteiger partial charge in [-0.05, 0) is 25.2 Å². The highest BCUT2D eigenvalue weighted by atomic mass is 19.1. The number of hydrogen-bond acceptors (Lipinski definition) is 4. The van der Waals surface area contributed by atoms with E-state index in [2.05, 4.69) is 15.2 Å². The topological polar surface area (TPSA) is 69.9 Å². The van der Waals surface area contributed by atoms with E-state index in [-0.39, 0.29) is 29.8 Å². The first-order chi connectivity index (χ1) is 14.0. The molecule has 2 aromatic heterocycles. The third-order valence-electron chi connectivity index (χ3n) is 5.14. The van der Waals surface area contributed by atoms with Crippen molar-refractivity contribution in [3.63, 3.8) is 0 Å². The number of hydrogen-bond donors (Lipinski definition) is 1. The maximum absolute atomic E-state index is 13.8. The van der Waals surface area contributed by atoms with Crippen LogP contribution in [0, 0.1) is 5.82 Å². The lowest BCUT2D eigenvalue weighted by molar-refractivity contribution is 0.0651. The molecule has 4 rings (SSSR count). The standard InChI is InChI=1S/C21H22FN5O2/c1-25-10-12-26(13-11-25)21(29)19-24-18(17-8-4-5-9-27(17)19)20(28)23-14-15-6-2-3-7-16(15)22/h2-9H,10-14H2,1H3,(H,23,28). The molecule has 0 aliphatic carbocycles. The van der Waals surface area contributed by atoms with E-state index in [1.807, 2.05) is 7.05 Å². The van der Waals surface area contributed by atoms with Gasteiger partial charge in [-0.1, -0.05) is 24.3 Å². The molecule has 1 aliphatic heterocycles. The van der Waals surface area contributed by atoms with Crippen LogP contribution in [0.3, 0.4) is 0 Å². The summed E-state index contributed by atoms with van der Waals surface area (Å²) >= 11 is 0. The number of benzene rings is 1. The molecular weight excluding hydrogens is 373 g/mol. The Labute approximate surface area is 167 Å². The molecule has 150 valence electrons. The lowest BCUT2D eigenvalue weighted by Crippen LogP contribution is -2.47. The zero-order valence-electron chi connectivity index (χ0n) is 16.1. The molecule has 1 saturated heterocycles. The molecule has 0 spiro atoms. The van der Waals surface area contributed by atoms with Crippen LogP contribution in [-0.4, -0.2) is 64.2 Å². The molecule has 8 heteroatoms. The zero-order chi connectivity index (χ0) is 20.4. The number of piperazine rings is 1. The molecule has 3 aromatic rings. The van der Waals surface area contributed by atoms with Crippen LogP contribution < -0.4 is 5.32 Å². The Morgan fingerprint density at radius 1 is 1.07 bits per heavy atom. The second kappa shape index (κ2) is 8.00. The van der Waals surface area contributed by atoms with Gasteiger partial charge in [0.05, 0.1) is 5.52 Å². The first kappa shape index (κ1) is 19.1. The minimum atomic E-state index is -0.450. The number of imidazole rings is 1. The summed E-state index contributed by atoms with van der Waals surface area (Å²) in [5.41, 5.74) is 1.08. The largest absolute Gasteiger partial charge is 0.346 e. The van der Waals surface area contributed by atoms with Crippen molar-refractivity contribution in [2.45, 2.75) is 6.54 Å². The lowest BCUT2D eigenvalue weighted by atomic mass is 10.2. The number of pyridine rings is 1. The molecule has 29 heavy (non-hydrogen) atoms. The van der Waals surface area contributed by atoms with Gasteiger partial charge >= 0.3 is 0 Å². The Hall–Kier alpha value is -3.26. The van der Waals surface area contributed by atoms with Crippen LogP contribution in [0.5, 0.6) is 0 Å². The highest BCUT2D eigenvalue weighted by Crippen LogP contribution is 2.16. The molecule has 3 heterocycles. The summed E-state index contributed by atoms with van der Waals surface area (Å²) in [5, 5.41) is 2.70. The van der Waals surface area contributed by atoms with Crippen LogP contribution in [0.1, 0.15) is 26.7 Å². The van der Waals surface area contributed by atoms with Crippen LogP contribution in [0.2, 0.25) is 0 Å². The number of fused-ring (bicyclic) bond motifs is 1. The van der Waals surface area contributed by atoms with Gasteiger partial charge in [-0.2, -0.15) is 0 Å². The number of carbonyl (C=O) groups is 2. The van der Waals surface area contributed by atoms with Crippen LogP contribution in [0.4, 0.5) is 4.39 Å².